The molecule has 2 heteroatoms. The summed E-state index contributed by atoms with van der Waals surface area (Å²) in [4.78, 5) is 2.15. The Hall–Kier alpha value is -1.30. The van der Waals surface area contributed by atoms with Gasteiger partial charge in [-0.3, -0.25) is 4.90 Å². The first-order chi connectivity index (χ1) is 7.31. The van der Waals surface area contributed by atoms with E-state index in [-0.39, 0.29) is 12.1 Å². The summed E-state index contributed by atoms with van der Waals surface area (Å²) in [5.74, 6) is 2.66. The highest BCUT2D eigenvalue weighted by atomic mass is 16.3. The van der Waals surface area contributed by atoms with Crippen molar-refractivity contribution in [3.8, 4) is 12.3 Å². The van der Waals surface area contributed by atoms with Crippen LogP contribution in [0, 0.1) is 12.3 Å². The van der Waals surface area contributed by atoms with Gasteiger partial charge in [-0.2, -0.15) is 0 Å². The van der Waals surface area contributed by atoms with Gasteiger partial charge in [-0.1, -0.05) is 36.3 Å². The molecule has 1 N–H and O–H groups in total. The molecule has 15 heavy (non-hydrogen) atoms. The van der Waals surface area contributed by atoms with Crippen LogP contribution in [-0.4, -0.2) is 28.7 Å². The largest absolute Gasteiger partial charge is 0.390 e. The molecule has 78 valence electrons. The Morgan fingerprint density at radius 3 is 2.80 bits per heavy atom. The molecule has 1 aromatic carbocycles. The summed E-state index contributed by atoms with van der Waals surface area (Å²) >= 11 is 0. The van der Waals surface area contributed by atoms with Crippen LogP contribution in [0.2, 0.25) is 0 Å². The van der Waals surface area contributed by atoms with E-state index in [0.717, 1.165) is 19.5 Å². The quantitative estimate of drug-likeness (QED) is 0.728. The summed E-state index contributed by atoms with van der Waals surface area (Å²) in [6.07, 6.45) is 5.83. The predicted molar refractivity (Wildman–Crippen MR) is 60.1 cm³/mol. The van der Waals surface area contributed by atoms with Crippen molar-refractivity contribution < 1.29 is 5.11 Å². The van der Waals surface area contributed by atoms with Crippen molar-refractivity contribution in [1.29, 1.82) is 0 Å². The van der Waals surface area contributed by atoms with Crippen LogP contribution in [0.15, 0.2) is 30.3 Å². The van der Waals surface area contributed by atoms with Gasteiger partial charge < -0.3 is 5.11 Å². The van der Waals surface area contributed by atoms with Gasteiger partial charge in [0.25, 0.3) is 0 Å². The van der Waals surface area contributed by atoms with Gasteiger partial charge in [-0.25, -0.2) is 0 Å². The van der Waals surface area contributed by atoms with Crippen molar-refractivity contribution >= 4 is 0 Å². The maximum atomic E-state index is 9.65. The number of rotatable bonds is 2. The number of hydrogen-bond donors (Lipinski definition) is 1. The third-order valence-corrected chi connectivity index (χ3v) is 2.87. The van der Waals surface area contributed by atoms with E-state index in [1.165, 1.54) is 5.56 Å². The summed E-state index contributed by atoms with van der Waals surface area (Å²) in [6.45, 7) is 1.71. The Balaban J connectivity index is 2.05. The third-order valence-electron chi connectivity index (χ3n) is 2.87. The number of aliphatic hydroxyl groups is 1. The van der Waals surface area contributed by atoms with Crippen molar-refractivity contribution in [2.45, 2.75) is 25.1 Å². The number of likely N-dealkylation sites (tertiary alicyclic amines) is 1. The van der Waals surface area contributed by atoms with Crippen molar-refractivity contribution in [1.82, 2.24) is 4.90 Å². The van der Waals surface area contributed by atoms with Crippen LogP contribution in [-0.2, 0) is 6.54 Å². The molecule has 0 aliphatic carbocycles. The lowest BCUT2D eigenvalue weighted by molar-refractivity contribution is 0.143. The molecule has 0 bridgehead atoms. The highest BCUT2D eigenvalue weighted by Crippen LogP contribution is 2.19. The average Bonchev–Trinajstić information content (AvgIpc) is 2.61. The summed E-state index contributed by atoms with van der Waals surface area (Å²) < 4.78 is 0. The first-order valence-corrected chi connectivity index (χ1v) is 5.23. The molecule has 1 aliphatic heterocycles. The monoisotopic (exact) mass is 201 g/mol. The van der Waals surface area contributed by atoms with Gasteiger partial charge in [0, 0.05) is 13.1 Å². The zero-order valence-corrected chi connectivity index (χ0v) is 8.63. The maximum absolute atomic E-state index is 9.65. The van der Waals surface area contributed by atoms with Gasteiger partial charge in [0.15, 0.2) is 0 Å². The number of terminal acetylenes is 1. The molecule has 0 spiro atoms. The summed E-state index contributed by atoms with van der Waals surface area (Å²) in [5.41, 5.74) is 1.24. The molecule has 0 aromatic heterocycles. The lowest BCUT2D eigenvalue weighted by Crippen LogP contribution is -2.33. The fraction of sp³-hybridized carbons (Fsp3) is 0.385. The Morgan fingerprint density at radius 1 is 1.40 bits per heavy atom. The Kier molecular flexibility index (Phi) is 3.05. The Labute approximate surface area is 90.5 Å². The molecule has 2 atom stereocenters. The molecule has 0 amide bonds. The molecule has 1 heterocycles. The minimum Gasteiger partial charge on any atom is -0.390 e. The van der Waals surface area contributed by atoms with Gasteiger partial charge >= 0.3 is 0 Å². The molecule has 2 rings (SSSR count). The summed E-state index contributed by atoms with van der Waals surface area (Å²) in [7, 11) is 0. The van der Waals surface area contributed by atoms with Crippen molar-refractivity contribution in [2.24, 2.45) is 0 Å². The van der Waals surface area contributed by atoms with Gasteiger partial charge in [-0.15, -0.1) is 6.42 Å². The van der Waals surface area contributed by atoms with Crippen molar-refractivity contribution in [3.63, 3.8) is 0 Å². The van der Waals surface area contributed by atoms with E-state index in [9.17, 15) is 5.11 Å². The van der Waals surface area contributed by atoms with Crippen LogP contribution in [0.4, 0.5) is 0 Å². The predicted octanol–water partition coefficient (Wildman–Crippen LogP) is 1.25. The molecule has 2 nitrogen and oxygen atoms in total. The number of nitrogens with zero attached hydrogens (tertiary/aromatic N) is 1. The molecule has 1 aromatic rings. The van der Waals surface area contributed by atoms with Gasteiger partial charge in [0.05, 0.1) is 12.1 Å². The van der Waals surface area contributed by atoms with E-state index in [4.69, 9.17) is 6.42 Å². The first-order valence-electron chi connectivity index (χ1n) is 5.23. The van der Waals surface area contributed by atoms with E-state index in [1.807, 2.05) is 18.2 Å². The van der Waals surface area contributed by atoms with E-state index < -0.39 is 0 Å². The lowest BCUT2D eigenvalue weighted by atomic mass is 10.1. The summed E-state index contributed by atoms with van der Waals surface area (Å²) in [5, 5.41) is 9.65. The molecule has 1 saturated heterocycles. The molecule has 0 radical (unpaired) electrons. The minimum absolute atomic E-state index is 0.120. The fourth-order valence-corrected chi connectivity index (χ4v) is 2.05. The maximum Gasteiger partial charge on any atom is 0.0978 e. The second-order valence-electron chi connectivity index (χ2n) is 3.92. The highest BCUT2D eigenvalue weighted by Gasteiger charge is 2.30. The fourth-order valence-electron chi connectivity index (χ4n) is 2.05. The average molecular weight is 201 g/mol. The Bertz CT molecular complexity index is 355. The van der Waals surface area contributed by atoms with Crippen LogP contribution in [0.1, 0.15) is 12.0 Å². The van der Waals surface area contributed by atoms with Crippen LogP contribution < -0.4 is 0 Å². The molecular weight excluding hydrogens is 186 g/mol. The summed E-state index contributed by atoms with van der Waals surface area (Å²) in [6, 6.07) is 10.1. The molecule has 1 aliphatic rings. The lowest BCUT2D eigenvalue weighted by Gasteiger charge is -2.21. The van der Waals surface area contributed by atoms with Crippen LogP contribution in [0.25, 0.3) is 0 Å². The normalized spacial score (nSPS) is 26.4. The van der Waals surface area contributed by atoms with E-state index >= 15 is 0 Å². The highest BCUT2D eigenvalue weighted by molar-refractivity contribution is 5.16. The van der Waals surface area contributed by atoms with Gasteiger partial charge in [0.2, 0.25) is 0 Å². The Morgan fingerprint density at radius 2 is 2.13 bits per heavy atom. The van der Waals surface area contributed by atoms with Crippen LogP contribution in [0.3, 0.4) is 0 Å². The number of aliphatic hydroxyl groups excluding tert-OH is 1. The number of hydrogen-bond acceptors (Lipinski definition) is 2. The zero-order valence-electron chi connectivity index (χ0n) is 8.63. The zero-order chi connectivity index (χ0) is 10.7. The number of benzene rings is 1. The van der Waals surface area contributed by atoms with Crippen LogP contribution in [0.5, 0.6) is 0 Å². The van der Waals surface area contributed by atoms with Gasteiger partial charge in [-0.05, 0) is 12.0 Å². The van der Waals surface area contributed by atoms with E-state index in [0.29, 0.717) is 0 Å². The van der Waals surface area contributed by atoms with Gasteiger partial charge in [0.1, 0.15) is 0 Å². The van der Waals surface area contributed by atoms with Crippen molar-refractivity contribution in [3.05, 3.63) is 35.9 Å². The molecule has 2 unspecified atom stereocenters. The van der Waals surface area contributed by atoms with E-state index in [1.54, 1.807) is 0 Å². The second kappa shape index (κ2) is 4.48. The van der Waals surface area contributed by atoms with Crippen LogP contribution >= 0.6 is 0 Å². The first kappa shape index (κ1) is 10.2. The molecule has 0 saturated carbocycles. The third kappa shape index (κ3) is 2.20. The minimum atomic E-state index is -0.362. The topological polar surface area (TPSA) is 23.5 Å². The van der Waals surface area contributed by atoms with Crippen molar-refractivity contribution in [2.75, 3.05) is 6.54 Å². The standard InChI is InChI=1S/C13H15NO/c1-2-12-13(15)8-9-14(12)10-11-6-4-3-5-7-11/h1,3-7,12-13,15H,8-10H2. The molecule has 1 fully saturated rings. The second-order valence-corrected chi connectivity index (χ2v) is 3.92. The SMILES string of the molecule is C#CC1C(O)CCN1Cc1ccccc1. The molecular formula is C13H15NO. The van der Waals surface area contributed by atoms with E-state index in [2.05, 4.69) is 23.0 Å². The smallest absolute Gasteiger partial charge is 0.0978 e.